The predicted molar refractivity (Wildman–Crippen MR) is 58.3 cm³/mol. The number of rotatable bonds is 3. The zero-order valence-electron chi connectivity index (χ0n) is 9.39. The Bertz CT molecular complexity index is 245. The molecule has 0 saturated heterocycles. The second-order valence-corrected chi connectivity index (χ2v) is 4.62. The summed E-state index contributed by atoms with van der Waals surface area (Å²) in [5.41, 5.74) is 0. The molecule has 1 aliphatic carbocycles. The fourth-order valence-electron chi connectivity index (χ4n) is 1.76. The number of carbonyl (C=O) groups is 1. The van der Waals surface area contributed by atoms with E-state index in [9.17, 15) is 15.0 Å². The first-order chi connectivity index (χ1) is 7.00. The number of aliphatic hydroxyl groups is 2. The van der Waals surface area contributed by atoms with Crippen molar-refractivity contribution in [2.45, 2.75) is 45.3 Å². The molecule has 0 spiro atoms. The third-order valence-electron chi connectivity index (χ3n) is 2.92. The number of hydrogen-bond acceptors (Lipinski definition) is 3. The normalized spacial score (nSPS) is 32.5. The van der Waals surface area contributed by atoms with Gasteiger partial charge < -0.3 is 10.2 Å². The first-order valence-corrected chi connectivity index (χ1v) is 5.59. The van der Waals surface area contributed by atoms with Crippen LogP contribution in [0, 0.1) is 11.8 Å². The summed E-state index contributed by atoms with van der Waals surface area (Å²) in [6.07, 6.45) is 4.28. The second kappa shape index (κ2) is 5.42. The molecule has 1 aliphatic rings. The summed E-state index contributed by atoms with van der Waals surface area (Å²) >= 11 is 0. The van der Waals surface area contributed by atoms with Gasteiger partial charge in [0.15, 0.2) is 5.78 Å². The van der Waals surface area contributed by atoms with Gasteiger partial charge in [-0.2, -0.15) is 0 Å². The van der Waals surface area contributed by atoms with E-state index in [0.717, 1.165) is 6.42 Å². The van der Waals surface area contributed by atoms with Gasteiger partial charge in [-0.1, -0.05) is 19.9 Å². The highest BCUT2D eigenvalue weighted by Crippen LogP contribution is 2.25. The maximum absolute atomic E-state index is 11.3. The molecule has 1 rings (SSSR count). The summed E-state index contributed by atoms with van der Waals surface area (Å²) in [4.78, 5) is 11.3. The highest BCUT2D eigenvalue weighted by atomic mass is 16.3. The van der Waals surface area contributed by atoms with E-state index in [1.54, 1.807) is 6.08 Å². The van der Waals surface area contributed by atoms with Gasteiger partial charge in [-0.25, -0.2) is 0 Å². The fraction of sp³-hybridized carbons (Fsp3) is 0.750. The number of allylic oxidation sites excluding steroid dienone is 2. The molecule has 86 valence electrons. The number of hydrogen-bond donors (Lipinski definition) is 2. The van der Waals surface area contributed by atoms with E-state index in [0.29, 0.717) is 12.8 Å². The second-order valence-electron chi connectivity index (χ2n) is 4.62. The van der Waals surface area contributed by atoms with Crippen molar-refractivity contribution in [3.63, 3.8) is 0 Å². The van der Waals surface area contributed by atoms with Gasteiger partial charge >= 0.3 is 0 Å². The molecule has 2 N–H and O–H groups in total. The topological polar surface area (TPSA) is 57.5 Å². The molecule has 1 fully saturated rings. The summed E-state index contributed by atoms with van der Waals surface area (Å²) in [5, 5.41) is 18.8. The van der Waals surface area contributed by atoms with Gasteiger partial charge in [0.2, 0.25) is 0 Å². The van der Waals surface area contributed by atoms with E-state index >= 15 is 0 Å². The molecular weight excluding hydrogens is 192 g/mol. The summed E-state index contributed by atoms with van der Waals surface area (Å²) in [6, 6.07) is 0. The quantitative estimate of drug-likeness (QED) is 0.693. The Hall–Kier alpha value is -0.670. The third kappa shape index (κ3) is 3.76. The van der Waals surface area contributed by atoms with Crippen molar-refractivity contribution in [3.05, 3.63) is 12.2 Å². The number of carbonyl (C=O) groups excluding carboxylic acids is 1. The summed E-state index contributed by atoms with van der Waals surface area (Å²) in [7, 11) is 0. The lowest BCUT2D eigenvalue weighted by molar-refractivity contribution is -0.117. The minimum Gasteiger partial charge on any atom is -0.390 e. The molecule has 3 atom stereocenters. The fourth-order valence-corrected chi connectivity index (χ4v) is 1.76. The first kappa shape index (κ1) is 12.4. The van der Waals surface area contributed by atoms with Crippen LogP contribution in [0.1, 0.15) is 33.1 Å². The van der Waals surface area contributed by atoms with Gasteiger partial charge in [0.05, 0.1) is 12.2 Å². The van der Waals surface area contributed by atoms with Crippen molar-refractivity contribution in [1.29, 1.82) is 0 Å². The summed E-state index contributed by atoms with van der Waals surface area (Å²) in [6.45, 7) is 3.73. The smallest absolute Gasteiger partial charge is 0.157 e. The van der Waals surface area contributed by atoms with Crippen LogP contribution in [0.25, 0.3) is 0 Å². The van der Waals surface area contributed by atoms with Crippen LogP contribution < -0.4 is 0 Å². The van der Waals surface area contributed by atoms with E-state index in [4.69, 9.17) is 0 Å². The van der Waals surface area contributed by atoms with Crippen LogP contribution in [-0.4, -0.2) is 28.2 Å². The Kier molecular flexibility index (Phi) is 4.48. The summed E-state index contributed by atoms with van der Waals surface area (Å²) in [5.74, 6) is 0.377. The van der Waals surface area contributed by atoms with E-state index < -0.39 is 12.2 Å². The highest BCUT2D eigenvalue weighted by Gasteiger charge is 2.25. The molecule has 0 aromatic heterocycles. The molecule has 3 nitrogen and oxygen atoms in total. The van der Waals surface area contributed by atoms with Crippen LogP contribution in [0.15, 0.2) is 12.2 Å². The first-order valence-electron chi connectivity index (χ1n) is 5.59. The zero-order valence-corrected chi connectivity index (χ0v) is 9.39. The van der Waals surface area contributed by atoms with Gasteiger partial charge in [-0.15, -0.1) is 0 Å². The van der Waals surface area contributed by atoms with Crippen LogP contribution in [0.4, 0.5) is 0 Å². The SMILES string of the molecule is CC(C)C(=O)/C=C/C1CCC(O)C(O)C1. The molecule has 0 aromatic rings. The van der Waals surface area contributed by atoms with Crippen molar-refractivity contribution in [3.8, 4) is 0 Å². The molecule has 0 amide bonds. The Labute approximate surface area is 90.8 Å². The van der Waals surface area contributed by atoms with Crippen molar-refractivity contribution in [1.82, 2.24) is 0 Å². The monoisotopic (exact) mass is 212 g/mol. The van der Waals surface area contributed by atoms with Gasteiger partial charge in [0.1, 0.15) is 0 Å². The van der Waals surface area contributed by atoms with Crippen LogP contribution in [0.2, 0.25) is 0 Å². The lowest BCUT2D eigenvalue weighted by Crippen LogP contribution is -2.32. The minimum absolute atomic E-state index is 0.0281. The standard InChI is InChI=1S/C12H20O3/c1-8(2)10(13)5-3-9-4-6-11(14)12(15)7-9/h3,5,8-9,11-12,14-15H,4,6-7H2,1-2H3/b5-3+. The van der Waals surface area contributed by atoms with Crippen molar-refractivity contribution < 1.29 is 15.0 Å². The van der Waals surface area contributed by atoms with E-state index in [1.165, 1.54) is 0 Å². The third-order valence-corrected chi connectivity index (χ3v) is 2.92. The Balaban J connectivity index is 2.43. The minimum atomic E-state index is -0.637. The predicted octanol–water partition coefficient (Wildman–Crippen LogP) is 1.29. The molecule has 3 heteroatoms. The molecule has 0 heterocycles. The van der Waals surface area contributed by atoms with Crippen LogP contribution in [0.3, 0.4) is 0 Å². The number of ketones is 1. The van der Waals surface area contributed by atoms with Gasteiger partial charge in [0.25, 0.3) is 0 Å². The van der Waals surface area contributed by atoms with Gasteiger partial charge in [0, 0.05) is 5.92 Å². The average molecular weight is 212 g/mol. The van der Waals surface area contributed by atoms with Crippen molar-refractivity contribution in [2.24, 2.45) is 11.8 Å². The van der Waals surface area contributed by atoms with Crippen molar-refractivity contribution in [2.75, 3.05) is 0 Å². The molecule has 0 radical (unpaired) electrons. The largest absolute Gasteiger partial charge is 0.390 e. The molecule has 0 aromatic carbocycles. The molecule has 3 unspecified atom stereocenters. The Morgan fingerprint density at radius 1 is 1.27 bits per heavy atom. The van der Waals surface area contributed by atoms with Gasteiger partial charge in [-0.05, 0) is 31.3 Å². The molecule has 0 aliphatic heterocycles. The zero-order chi connectivity index (χ0) is 11.4. The maximum Gasteiger partial charge on any atom is 0.157 e. The lowest BCUT2D eigenvalue weighted by Gasteiger charge is -2.28. The van der Waals surface area contributed by atoms with Crippen LogP contribution >= 0.6 is 0 Å². The highest BCUT2D eigenvalue weighted by molar-refractivity contribution is 5.91. The van der Waals surface area contributed by atoms with E-state index in [1.807, 2.05) is 19.9 Å². The lowest BCUT2D eigenvalue weighted by atomic mass is 9.85. The number of aliphatic hydroxyl groups excluding tert-OH is 2. The van der Waals surface area contributed by atoms with Crippen LogP contribution in [-0.2, 0) is 4.79 Å². The maximum atomic E-state index is 11.3. The Morgan fingerprint density at radius 3 is 2.47 bits per heavy atom. The molecular formula is C12H20O3. The molecule has 15 heavy (non-hydrogen) atoms. The Morgan fingerprint density at radius 2 is 1.93 bits per heavy atom. The van der Waals surface area contributed by atoms with Crippen LogP contribution in [0.5, 0.6) is 0 Å². The van der Waals surface area contributed by atoms with Crippen molar-refractivity contribution >= 4 is 5.78 Å². The summed E-state index contributed by atoms with van der Waals surface area (Å²) < 4.78 is 0. The average Bonchev–Trinajstić information content (AvgIpc) is 2.19. The molecule has 1 saturated carbocycles. The molecule has 0 bridgehead atoms. The van der Waals surface area contributed by atoms with E-state index in [-0.39, 0.29) is 17.6 Å². The van der Waals surface area contributed by atoms with Gasteiger partial charge in [-0.3, -0.25) is 4.79 Å². The van der Waals surface area contributed by atoms with E-state index in [2.05, 4.69) is 0 Å².